The molecule has 188 valence electrons. The Hall–Kier alpha value is -4.67. The van der Waals surface area contributed by atoms with Crippen molar-refractivity contribution in [2.75, 3.05) is 4.90 Å². The molecule has 1 fully saturated rings. The molecule has 11 heteroatoms. The third kappa shape index (κ3) is 4.51. The van der Waals surface area contributed by atoms with E-state index in [2.05, 4.69) is 10.3 Å². The third-order valence-corrected chi connectivity index (χ3v) is 6.44. The van der Waals surface area contributed by atoms with E-state index in [-0.39, 0.29) is 53.9 Å². The first-order chi connectivity index (χ1) is 17.7. The third-order valence-electron chi connectivity index (χ3n) is 6.44. The molecule has 37 heavy (non-hydrogen) atoms. The summed E-state index contributed by atoms with van der Waals surface area (Å²) in [6, 6.07) is 10.6. The lowest BCUT2D eigenvalue weighted by molar-refractivity contribution is -0.136. The first-order valence-corrected chi connectivity index (χ1v) is 11.4. The number of hydrogen-bond donors (Lipinski definition) is 2. The van der Waals surface area contributed by atoms with Gasteiger partial charge in [0.2, 0.25) is 11.8 Å². The van der Waals surface area contributed by atoms with Crippen LogP contribution in [0.4, 0.5) is 19.3 Å². The Balaban J connectivity index is 1.39. The molecule has 2 aromatic carbocycles. The average molecular weight is 506 g/mol. The van der Waals surface area contributed by atoms with Gasteiger partial charge in [-0.15, -0.1) is 0 Å². The van der Waals surface area contributed by atoms with Gasteiger partial charge in [0.05, 0.1) is 30.7 Å². The Morgan fingerprint density at radius 1 is 1.08 bits per heavy atom. The monoisotopic (exact) mass is 506 g/mol. The van der Waals surface area contributed by atoms with E-state index < -0.39 is 41.5 Å². The van der Waals surface area contributed by atoms with Crippen LogP contribution in [0.2, 0.25) is 0 Å². The number of hydrogen-bond acceptors (Lipinski definition) is 5. The maximum absolute atomic E-state index is 15.0. The van der Waals surface area contributed by atoms with Crippen LogP contribution in [-0.4, -0.2) is 44.8 Å². The first-order valence-electron chi connectivity index (χ1n) is 11.4. The van der Waals surface area contributed by atoms with E-state index in [4.69, 9.17) is 0 Å². The van der Waals surface area contributed by atoms with E-state index in [1.165, 1.54) is 35.4 Å². The van der Waals surface area contributed by atoms with Gasteiger partial charge in [-0.25, -0.2) is 13.6 Å². The number of carbonyl (C=O) groups excluding carboxylic acids is 3. The van der Waals surface area contributed by atoms with Crippen molar-refractivity contribution in [1.29, 1.82) is 0 Å². The first kappa shape index (κ1) is 24.0. The Bertz CT molecular complexity index is 1440. The highest BCUT2D eigenvalue weighted by molar-refractivity contribution is 6.05. The van der Waals surface area contributed by atoms with Crippen molar-refractivity contribution in [3.8, 4) is 11.3 Å². The number of benzene rings is 2. The highest BCUT2D eigenvalue weighted by Gasteiger charge is 2.40. The topological polar surface area (TPSA) is 120 Å². The zero-order valence-electron chi connectivity index (χ0n) is 19.3. The second-order valence-electron chi connectivity index (χ2n) is 8.75. The van der Waals surface area contributed by atoms with Crippen molar-refractivity contribution >= 4 is 29.5 Å². The Morgan fingerprint density at radius 3 is 2.54 bits per heavy atom. The van der Waals surface area contributed by atoms with Gasteiger partial charge in [0, 0.05) is 23.1 Å². The van der Waals surface area contributed by atoms with Gasteiger partial charge < -0.3 is 10.0 Å². The van der Waals surface area contributed by atoms with E-state index >= 15 is 4.39 Å². The Labute approximate surface area is 209 Å². The largest absolute Gasteiger partial charge is 0.465 e. The summed E-state index contributed by atoms with van der Waals surface area (Å²) in [6.45, 7) is -0.414. The van der Waals surface area contributed by atoms with Gasteiger partial charge in [-0.2, -0.15) is 0 Å². The number of amides is 4. The van der Waals surface area contributed by atoms with Crippen LogP contribution in [0.5, 0.6) is 0 Å². The Morgan fingerprint density at radius 2 is 1.86 bits per heavy atom. The molecule has 0 aliphatic carbocycles. The number of carbonyl (C=O) groups is 4. The maximum Gasteiger partial charge on any atom is 0.412 e. The molecule has 1 unspecified atom stereocenters. The summed E-state index contributed by atoms with van der Waals surface area (Å²) in [7, 11) is 0. The quantitative estimate of drug-likeness (QED) is 0.512. The number of nitrogens with zero attached hydrogens (tertiary/aromatic N) is 3. The van der Waals surface area contributed by atoms with E-state index in [1.54, 1.807) is 18.2 Å². The molecule has 0 radical (unpaired) electrons. The van der Waals surface area contributed by atoms with Crippen molar-refractivity contribution < 1.29 is 33.1 Å². The molecule has 4 amide bonds. The van der Waals surface area contributed by atoms with Crippen LogP contribution in [-0.2, 0) is 22.7 Å². The highest BCUT2D eigenvalue weighted by atomic mass is 19.1. The molecule has 1 atom stereocenters. The molecular formula is C26H20F2N4O5. The van der Waals surface area contributed by atoms with E-state index in [1.807, 2.05) is 0 Å². The fraction of sp³-hybridized carbons (Fsp3) is 0.192. The normalized spacial score (nSPS) is 17.0. The zero-order valence-corrected chi connectivity index (χ0v) is 19.3. The summed E-state index contributed by atoms with van der Waals surface area (Å²) in [4.78, 5) is 55.1. The molecule has 2 aliphatic rings. The van der Waals surface area contributed by atoms with Crippen LogP contribution < -0.4 is 10.2 Å². The number of fused-ring (bicyclic) bond motifs is 1. The summed E-state index contributed by atoms with van der Waals surface area (Å²) < 4.78 is 29.1. The van der Waals surface area contributed by atoms with Gasteiger partial charge in [0.1, 0.15) is 17.7 Å². The smallest absolute Gasteiger partial charge is 0.412 e. The molecule has 3 aromatic rings. The number of rotatable bonds is 5. The van der Waals surface area contributed by atoms with Gasteiger partial charge in [0.25, 0.3) is 5.91 Å². The van der Waals surface area contributed by atoms with E-state index in [0.29, 0.717) is 5.69 Å². The number of piperidine rings is 1. The second-order valence-corrected chi connectivity index (χ2v) is 8.75. The number of halogens is 2. The van der Waals surface area contributed by atoms with Gasteiger partial charge in [0.15, 0.2) is 0 Å². The predicted octanol–water partition coefficient (Wildman–Crippen LogP) is 3.47. The molecule has 9 nitrogen and oxygen atoms in total. The fourth-order valence-electron chi connectivity index (χ4n) is 4.59. The van der Waals surface area contributed by atoms with Crippen molar-refractivity contribution in [3.63, 3.8) is 0 Å². The molecule has 0 bridgehead atoms. The molecule has 0 spiro atoms. The number of nitrogens with one attached hydrogen (secondary N) is 1. The van der Waals surface area contributed by atoms with Crippen LogP contribution in [0.25, 0.3) is 11.3 Å². The Kier molecular flexibility index (Phi) is 6.12. The van der Waals surface area contributed by atoms with Crippen molar-refractivity contribution in [1.82, 2.24) is 15.2 Å². The summed E-state index contributed by atoms with van der Waals surface area (Å²) >= 11 is 0. The van der Waals surface area contributed by atoms with E-state index in [0.717, 1.165) is 11.0 Å². The minimum Gasteiger partial charge on any atom is -0.465 e. The molecule has 2 N–H and O–H groups in total. The lowest BCUT2D eigenvalue weighted by atomic mass is 10.0. The van der Waals surface area contributed by atoms with Crippen LogP contribution >= 0.6 is 0 Å². The number of imide groups is 1. The summed E-state index contributed by atoms with van der Waals surface area (Å²) in [5, 5.41) is 12.0. The van der Waals surface area contributed by atoms with Crippen molar-refractivity contribution in [3.05, 3.63) is 83.1 Å². The van der Waals surface area contributed by atoms with Crippen LogP contribution in [0.3, 0.4) is 0 Å². The number of aromatic nitrogens is 1. The molecule has 1 saturated heterocycles. The molecule has 0 saturated carbocycles. The number of carboxylic acid groups (broad SMARTS) is 1. The number of pyridine rings is 1. The molecule has 1 aromatic heterocycles. The minimum atomic E-state index is -1.34. The van der Waals surface area contributed by atoms with Crippen LogP contribution in [0, 0.1) is 11.6 Å². The molecule has 5 rings (SSSR count). The summed E-state index contributed by atoms with van der Waals surface area (Å²) in [5.41, 5.74) is 1.11. The van der Waals surface area contributed by atoms with Gasteiger partial charge in [-0.05, 0) is 48.4 Å². The average Bonchev–Trinajstić information content (AvgIpc) is 3.19. The van der Waals surface area contributed by atoms with E-state index in [9.17, 15) is 28.7 Å². The van der Waals surface area contributed by atoms with Crippen molar-refractivity contribution in [2.24, 2.45) is 0 Å². The van der Waals surface area contributed by atoms with Gasteiger partial charge in [-0.1, -0.05) is 12.1 Å². The van der Waals surface area contributed by atoms with Crippen molar-refractivity contribution in [2.45, 2.75) is 32.0 Å². The molecule has 3 heterocycles. The second kappa shape index (κ2) is 9.41. The lowest BCUT2D eigenvalue weighted by Gasteiger charge is -2.29. The highest BCUT2D eigenvalue weighted by Crippen LogP contribution is 2.31. The standard InChI is InChI=1S/C26H20F2N4O5/c27-19-4-2-1-3-16(19)21-6-5-15(11-29-21)31(26(36)37)12-14-9-17-18(20(28)10-14)13-32(25(17)35)22-7-8-23(33)30-24(22)34/h1-6,9-11,22H,7-8,12-13H2,(H,36,37)(H,30,33,34). The maximum atomic E-state index is 15.0. The van der Waals surface area contributed by atoms with Gasteiger partial charge in [-0.3, -0.25) is 29.6 Å². The summed E-state index contributed by atoms with van der Waals surface area (Å²) in [6.07, 6.45) is 0.149. The summed E-state index contributed by atoms with van der Waals surface area (Å²) in [5.74, 6) is -2.77. The molecular weight excluding hydrogens is 486 g/mol. The zero-order chi connectivity index (χ0) is 26.3. The SMILES string of the molecule is O=C1CCC(N2Cc3c(F)cc(CN(C(=O)O)c4ccc(-c5ccccc5F)nc4)cc3C2=O)C(=O)N1. The lowest BCUT2D eigenvalue weighted by Crippen LogP contribution is -2.52. The minimum absolute atomic E-state index is 0.0399. The van der Waals surface area contributed by atoms with Crippen LogP contribution in [0.15, 0.2) is 54.7 Å². The number of anilines is 1. The molecule has 2 aliphatic heterocycles. The predicted molar refractivity (Wildman–Crippen MR) is 126 cm³/mol. The fourth-order valence-corrected chi connectivity index (χ4v) is 4.59. The van der Waals surface area contributed by atoms with Crippen LogP contribution in [0.1, 0.15) is 34.3 Å². The van der Waals surface area contributed by atoms with Gasteiger partial charge >= 0.3 is 6.09 Å².